The molecule has 1 aliphatic heterocycles. The molecule has 8 nitrogen and oxygen atoms in total. The van der Waals surface area contributed by atoms with Crippen LogP contribution in [0.15, 0.2) is 35.4 Å². The SMILES string of the molecule is C=CCOC[C@H](O)CN[C@@H](c1nc(-c2ccc3c(c2)OCO3)no1)[C@@H](C)CC. The molecule has 0 spiro atoms. The van der Waals surface area contributed by atoms with E-state index in [1.807, 2.05) is 18.2 Å². The van der Waals surface area contributed by atoms with E-state index in [1.165, 1.54) is 0 Å². The second-order valence-electron chi connectivity index (χ2n) is 6.78. The van der Waals surface area contributed by atoms with Crippen molar-refractivity contribution >= 4 is 0 Å². The first-order valence-corrected chi connectivity index (χ1v) is 9.46. The van der Waals surface area contributed by atoms with Gasteiger partial charge in [0.1, 0.15) is 0 Å². The van der Waals surface area contributed by atoms with Crippen molar-refractivity contribution in [2.75, 3.05) is 26.6 Å². The third-order valence-electron chi connectivity index (χ3n) is 4.67. The molecule has 0 fully saturated rings. The van der Waals surface area contributed by atoms with E-state index >= 15 is 0 Å². The van der Waals surface area contributed by atoms with Crippen molar-refractivity contribution in [1.82, 2.24) is 15.5 Å². The van der Waals surface area contributed by atoms with Crippen LogP contribution >= 0.6 is 0 Å². The number of aromatic nitrogens is 2. The topological polar surface area (TPSA) is 98.9 Å². The molecule has 152 valence electrons. The number of rotatable bonds is 11. The molecule has 0 unspecified atom stereocenters. The summed E-state index contributed by atoms with van der Waals surface area (Å²) in [5, 5.41) is 17.5. The second-order valence-corrected chi connectivity index (χ2v) is 6.78. The van der Waals surface area contributed by atoms with Crippen LogP contribution in [0.3, 0.4) is 0 Å². The monoisotopic (exact) mass is 389 g/mol. The van der Waals surface area contributed by atoms with Crippen molar-refractivity contribution in [2.24, 2.45) is 5.92 Å². The molecule has 2 N–H and O–H groups in total. The van der Waals surface area contributed by atoms with Gasteiger partial charge in [0.15, 0.2) is 11.5 Å². The highest BCUT2D eigenvalue weighted by Crippen LogP contribution is 2.35. The minimum atomic E-state index is -0.636. The van der Waals surface area contributed by atoms with Crippen LogP contribution in [-0.4, -0.2) is 47.9 Å². The number of aliphatic hydroxyl groups is 1. The van der Waals surface area contributed by atoms with Crippen LogP contribution in [0, 0.1) is 5.92 Å². The Morgan fingerprint density at radius 1 is 1.36 bits per heavy atom. The number of fused-ring (bicyclic) bond motifs is 1. The number of aliphatic hydroxyl groups excluding tert-OH is 1. The minimum Gasteiger partial charge on any atom is -0.454 e. The molecule has 0 saturated heterocycles. The Bertz CT molecular complexity index is 779. The van der Waals surface area contributed by atoms with Crippen LogP contribution in [0.25, 0.3) is 11.4 Å². The molecule has 8 heteroatoms. The van der Waals surface area contributed by atoms with Crippen LogP contribution in [0.2, 0.25) is 0 Å². The van der Waals surface area contributed by atoms with E-state index in [9.17, 15) is 5.11 Å². The fourth-order valence-corrected chi connectivity index (χ4v) is 2.89. The van der Waals surface area contributed by atoms with Gasteiger partial charge in [-0.2, -0.15) is 4.98 Å². The predicted molar refractivity (Wildman–Crippen MR) is 103 cm³/mol. The first kappa shape index (κ1) is 20.3. The van der Waals surface area contributed by atoms with E-state index in [1.54, 1.807) is 6.08 Å². The number of hydrogen-bond acceptors (Lipinski definition) is 8. The van der Waals surface area contributed by atoms with Crippen molar-refractivity contribution < 1.29 is 23.8 Å². The Morgan fingerprint density at radius 3 is 2.96 bits per heavy atom. The van der Waals surface area contributed by atoms with E-state index in [-0.39, 0.29) is 25.4 Å². The number of nitrogens with one attached hydrogen (secondary N) is 1. The van der Waals surface area contributed by atoms with Gasteiger partial charge in [-0.1, -0.05) is 31.5 Å². The van der Waals surface area contributed by atoms with E-state index in [4.69, 9.17) is 18.7 Å². The summed E-state index contributed by atoms with van der Waals surface area (Å²) < 4.78 is 21.6. The number of ether oxygens (including phenoxy) is 3. The molecule has 1 aliphatic rings. The maximum absolute atomic E-state index is 10.1. The molecular formula is C20H27N3O5. The molecule has 1 aromatic heterocycles. The van der Waals surface area contributed by atoms with Gasteiger partial charge in [0, 0.05) is 12.1 Å². The van der Waals surface area contributed by atoms with Crippen LogP contribution < -0.4 is 14.8 Å². The van der Waals surface area contributed by atoms with Crippen molar-refractivity contribution in [3.05, 3.63) is 36.7 Å². The predicted octanol–water partition coefficient (Wildman–Crippen LogP) is 2.71. The lowest BCUT2D eigenvalue weighted by Gasteiger charge is -2.22. The molecule has 2 heterocycles. The minimum absolute atomic E-state index is 0.172. The smallest absolute Gasteiger partial charge is 0.244 e. The Labute approximate surface area is 164 Å². The Morgan fingerprint density at radius 2 is 2.18 bits per heavy atom. The van der Waals surface area contributed by atoms with Crippen LogP contribution in [0.5, 0.6) is 11.5 Å². The van der Waals surface area contributed by atoms with Gasteiger partial charge in [0.2, 0.25) is 18.5 Å². The molecule has 3 rings (SSSR count). The fraction of sp³-hybridized carbons (Fsp3) is 0.500. The molecular weight excluding hydrogens is 362 g/mol. The van der Waals surface area contributed by atoms with Crippen molar-refractivity contribution in [1.29, 1.82) is 0 Å². The average Bonchev–Trinajstić information content (AvgIpc) is 3.37. The zero-order chi connectivity index (χ0) is 19.9. The summed E-state index contributed by atoms with van der Waals surface area (Å²) in [6, 6.07) is 5.37. The fourth-order valence-electron chi connectivity index (χ4n) is 2.89. The summed E-state index contributed by atoms with van der Waals surface area (Å²) >= 11 is 0. The van der Waals surface area contributed by atoms with Gasteiger partial charge < -0.3 is 29.2 Å². The Balaban J connectivity index is 1.68. The zero-order valence-electron chi connectivity index (χ0n) is 16.3. The third-order valence-corrected chi connectivity index (χ3v) is 4.67. The number of nitrogens with zero attached hydrogens (tertiary/aromatic N) is 2. The first-order valence-electron chi connectivity index (χ1n) is 9.46. The van der Waals surface area contributed by atoms with E-state index in [0.29, 0.717) is 36.4 Å². The molecule has 0 bridgehead atoms. The molecule has 3 atom stereocenters. The van der Waals surface area contributed by atoms with Crippen molar-refractivity contribution in [3.8, 4) is 22.9 Å². The highest BCUT2D eigenvalue weighted by atomic mass is 16.7. The molecule has 0 saturated carbocycles. The van der Waals surface area contributed by atoms with Gasteiger partial charge in [0.25, 0.3) is 0 Å². The second kappa shape index (κ2) is 9.68. The molecule has 0 aliphatic carbocycles. The molecule has 1 aromatic carbocycles. The van der Waals surface area contributed by atoms with Gasteiger partial charge in [-0.05, 0) is 24.1 Å². The number of benzene rings is 1. The van der Waals surface area contributed by atoms with Gasteiger partial charge >= 0.3 is 0 Å². The number of hydrogen-bond donors (Lipinski definition) is 2. The van der Waals surface area contributed by atoms with E-state index < -0.39 is 6.10 Å². The van der Waals surface area contributed by atoms with E-state index in [2.05, 4.69) is 35.9 Å². The van der Waals surface area contributed by atoms with Crippen molar-refractivity contribution in [2.45, 2.75) is 32.4 Å². The third kappa shape index (κ3) is 4.89. The first-order chi connectivity index (χ1) is 13.6. The molecule has 0 amide bonds. The lowest BCUT2D eigenvalue weighted by atomic mass is 9.99. The molecule has 0 radical (unpaired) electrons. The highest BCUT2D eigenvalue weighted by molar-refractivity contribution is 5.61. The zero-order valence-corrected chi connectivity index (χ0v) is 16.3. The van der Waals surface area contributed by atoms with Crippen LogP contribution in [0.4, 0.5) is 0 Å². The average molecular weight is 389 g/mol. The summed E-state index contributed by atoms with van der Waals surface area (Å²) in [7, 11) is 0. The maximum Gasteiger partial charge on any atom is 0.244 e. The van der Waals surface area contributed by atoms with Gasteiger partial charge in [-0.25, -0.2) is 0 Å². The normalized spacial score (nSPS) is 16.0. The standard InChI is InChI=1S/C20H27N3O5/c1-4-8-25-11-15(24)10-21-18(13(3)5-2)20-22-19(23-28-20)14-6-7-16-17(9-14)27-12-26-16/h4,6-7,9,13,15,18,21,24H,1,5,8,10-12H2,2-3H3/t13-,15+,18+/m0/s1. The summed E-state index contributed by atoms with van der Waals surface area (Å²) in [4.78, 5) is 4.57. The maximum atomic E-state index is 10.1. The lowest BCUT2D eigenvalue weighted by Crippen LogP contribution is -2.35. The Hall–Kier alpha value is -2.42. The van der Waals surface area contributed by atoms with Crippen LogP contribution in [0.1, 0.15) is 32.2 Å². The van der Waals surface area contributed by atoms with Gasteiger partial charge in [-0.15, -0.1) is 6.58 Å². The van der Waals surface area contributed by atoms with Crippen LogP contribution in [-0.2, 0) is 4.74 Å². The molecule has 28 heavy (non-hydrogen) atoms. The van der Waals surface area contributed by atoms with Crippen molar-refractivity contribution in [3.63, 3.8) is 0 Å². The molecule has 2 aromatic rings. The van der Waals surface area contributed by atoms with Gasteiger partial charge in [0.05, 0.1) is 25.4 Å². The Kier molecular flexibility index (Phi) is 7.02. The lowest BCUT2D eigenvalue weighted by molar-refractivity contribution is 0.0457. The summed E-state index contributed by atoms with van der Waals surface area (Å²) in [5.41, 5.74) is 0.792. The quantitative estimate of drug-likeness (QED) is 0.447. The summed E-state index contributed by atoms with van der Waals surface area (Å²) in [6.45, 7) is 9.00. The largest absolute Gasteiger partial charge is 0.454 e. The summed E-state index contributed by atoms with van der Waals surface area (Å²) in [5.74, 6) is 2.59. The summed E-state index contributed by atoms with van der Waals surface area (Å²) in [6.07, 6.45) is 1.93. The van der Waals surface area contributed by atoms with E-state index in [0.717, 1.165) is 12.0 Å². The van der Waals surface area contributed by atoms with Gasteiger partial charge in [-0.3, -0.25) is 0 Å². The highest BCUT2D eigenvalue weighted by Gasteiger charge is 2.25.